The second-order valence-corrected chi connectivity index (χ2v) is 10.9. The van der Waals surface area contributed by atoms with Gasteiger partial charge in [-0.2, -0.15) is 0 Å². The van der Waals surface area contributed by atoms with Crippen molar-refractivity contribution in [3.63, 3.8) is 0 Å². The van der Waals surface area contributed by atoms with Gasteiger partial charge in [0, 0.05) is 25.4 Å². The quantitative estimate of drug-likeness (QED) is 0.225. The fourth-order valence-corrected chi connectivity index (χ4v) is 4.52. The molecule has 5 N–H and O–H groups in total. The molecule has 2 atom stereocenters. The minimum atomic E-state index is -4.06. The SMILES string of the molecule is CCCCc1ccc(C(=O)N[C@@H](CNS(=O)(=O)c2cn(C)cn2)C(=O)N[C@@H](CC(C)C)B(O)O)cc1. The molecule has 0 spiro atoms. The Morgan fingerprint density at radius 3 is 2.33 bits per heavy atom. The summed E-state index contributed by atoms with van der Waals surface area (Å²) in [6, 6.07) is 5.64. The van der Waals surface area contributed by atoms with Crippen LogP contribution in [0, 0.1) is 5.92 Å². The topological polar surface area (TPSA) is 163 Å². The maximum absolute atomic E-state index is 13.0. The number of aryl methyl sites for hydroxylation is 2. The molecule has 0 aliphatic carbocycles. The number of aromatic nitrogens is 2. The van der Waals surface area contributed by atoms with E-state index in [1.807, 2.05) is 26.0 Å². The number of benzene rings is 1. The predicted molar refractivity (Wildman–Crippen MR) is 136 cm³/mol. The lowest BCUT2D eigenvalue weighted by atomic mass is 9.75. The molecule has 0 saturated carbocycles. The van der Waals surface area contributed by atoms with Gasteiger partial charge < -0.3 is 25.2 Å². The molecule has 1 aromatic heterocycles. The fraction of sp³-hybridized carbons (Fsp3) is 0.522. The first-order valence-electron chi connectivity index (χ1n) is 12.0. The minimum Gasteiger partial charge on any atom is -0.426 e. The molecule has 198 valence electrons. The number of rotatable bonds is 14. The average molecular weight is 521 g/mol. The zero-order valence-electron chi connectivity index (χ0n) is 21.1. The Labute approximate surface area is 212 Å². The summed E-state index contributed by atoms with van der Waals surface area (Å²) in [6.45, 7) is 5.33. The molecule has 2 aromatic rings. The van der Waals surface area contributed by atoms with Crippen LogP contribution in [0.3, 0.4) is 0 Å². The minimum absolute atomic E-state index is 0.0408. The molecular weight excluding hydrogens is 485 g/mol. The molecule has 36 heavy (non-hydrogen) atoms. The van der Waals surface area contributed by atoms with Crippen LogP contribution in [0.25, 0.3) is 0 Å². The predicted octanol–water partition coefficient (Wildman–Crippen LogP) is 0.383. The lowest BCUT2D eigenvalue weighted by Crippen LogP contribution is -2.57. The van der Waals surface area contributed by atoms with Gasteiger partial charge in [-0.15, -0.1) is 0 Å². The maximum atomic E-state index is 13.0. The number of imidazole rings is 1. The van der Waals surface area contributed by atoms with E-state index in [2.05, 4.69) is 27.3 Å². The van der Waals surface area contributed by atoms with Crippen LogP contribution < -0.4 is 15.4 Å². The Hall–Kier alpha value is -2.74. The van der Waals surface area contributed by atoms with Gasteiger partial charge in [0.2, 0.25) is 5.91 Å². The Balaban J connectivity index is 2.20. The van der Waals surface area contributed by atoms with Crippen molar-refractivity contribution in [1.29, 1.82) is 0 Å². The van der Waals surface area contributed by atoms with E-state index in [4.69, 9.17) is 0 Å². The molecule has 0 radical (unpaired) electrons. The smallest absolute Gasteiger partial charge is 0.426 e. The van der Waals surface area contributed by atoms with E-state index in [1.54, 1.807) is 19.2 Å². The number of hydrogen-bond acceptors (Lipinski definition) is 7. The van der Waals surface area contributed by atoms with Gasteiger partial charge in [-0.1, -0.05) is 39.3 Å². The number of hydrogen-bond donors (Lipinski definition) is 5. The molecular formula is C23H36BN5O6S. The number of amides is 2. The molecule has 0 bridgehead atoms. The molecule has 0 fully saturated rings. The van der Waals surface area contributed by atoms with Crippen LogP contribution in [0.4, 0.5) is 0 Å². The molecule has 1 heterocycles. The van der Waals surface area contributed by atoms with Crippen molar-refractivity contribution in [2.45, 2.75) is 63.5 Å². The molecule has 1 aromatic carbocycles. The summed E-state index contributed by atoms with van der Waals surface area (Å²) >= 11 is 0. The first-order chi connectivity index (χ1) is 16.9. The van der Waals surface area contributed by atoms with Gasteiger partial charge in [-0.05, 0) is 42.9 Å². The maximum Gasteiger partial charge on any atom is 0.475 e. The van der Waals surface area contributed by atoms with Crippen molar-refractivity contribution in [3.05, 3.63) is 47.9 Å². The van der Waals surface area contributed by atoms with Gasteiger partial charge in [0.15, 0.2) is 5.03 Å². The Kier molecular flexibility index (Phi) is 11.1. The van der Waals surface area contributed by atoms with Crippen molar-refractivity contribution in [2.24, 2.45) is 13.0 Å². The summed E-state index contributed by atoms with van der Waals surface area (Å²) in [5.41, 5.74) is 1.39. The van der Waals surface area contributed by atoms with Crippen molar-refractivity contribution in [1.82, 2.24) is 24.9 Å². The van der Waals surface area contributed by atoms with E-state index in [1.165, 1.54) is 17.1 Å². The molecule has 0 aliphatic rings. The molecule has 0 unspecified atom stereocenters. The Morgan fingerprint density at radius 2 is 1.81 bits per heavy atom. The van der Waals surface area contributed by atoms with Crippen LogP contribution in [0.1, 0.15) is 56.0 Å². The van der Waals surface area contributed by atoms with Crippen molar-refractivity contribution >= 4 is 29.0 Å². The van der Waals surface area contributed by atoms with Crippen LogP contribution in [0.2, 0.25) is 0 Å². The molecule has 13 heteroatoms. The second kappa shape index (κ2) is 13.5. The third kappa shape index (κ3) is 9.05. The van der Waals surface area contributed by atoms with E-state index in [9.17, 15) is 28.1 Å². The van der Waals surface area contributed by atoms with Crippen molar-refractivity contribution < 1.29 is 28.1 Å². The van der Waals surface area contributed by atoms with Gasteiger partial charge in [0.25, 0.3) is 15.9 Å². The number of unbranched alkanes of at least 4 members (excludes halogenated alkanes) is 1. The van der Waals surface area contributed by atoms with E-state index < -0.39 is 47.5 Å². The number of sulfonamides is 1. The lowest BCUT2D eigenvalue weighted by Gasteiger charge is -2.24. The third-order valence-corrected chi connectivity index (χ3v) is 6.81. The summed E-state index contributed by atoms with van der Waals surface area (Å²) in [7, 11) is -4.27. The Bertz CT molecular complexity index is 1100. The second-order valence-electron chi connectivity index (χ2n) is 9.21. The number of nitrogens with one attached hydrogen (secondary N) is 3. The van der Waals surface area contributed by atoms with Crippen LogP contribution >= 0.6 is 0 Å². The monoisotopic (exact) mass is 521 g/mol. The molecule has 0 aliphatic heterocycles. The zero-order valence-corrected chi connectivity index (χ0v) is 22.0. The van der Waals surface area contributed by atoms with Gasteiger partial charge in [0.1, 0.15) is 6.04 Å². The van der Waals surface area contributed by atoms with E-state index in [-0.39, 0.29) is 17.4 Å². The van der Waals surface area contributed by atoms with Crippen molar-refractivity contribution in [2.75, 3.05) is 6.54 Å². The third-order valence-electron chi connectivity index (χ3n) is 5.50. The molecule has 2 amide bonds. The summed E-state index contributed by atoms with van der Waals surface area (Å²) in [5.74, 6) is -2.29. The standard InChI is InChI=1S/C23H36BN5O6S/c1-5-6-7-17-8-10-18(11-9-17)22(30)27-19(23(31)28-20(24(32)33)12-16(2)3)13-26-36(34,35)21-14-29(4)15-25-21/h8-11,14-16,19-20,26,32-33H,5-7,12-13H2,1-4H3,(H,27,30)(H,28,31)/t19-,20-/m0/s1. The van der Waals surface area contributed by atoms with Crippen LogP contribution in [0.15, 0.2) is 41.8 Å². The first-order valence-corrected chi connectivity index (χ1v) is 13.4. The molecule has 2 rings (SSSR count). The highest BCUT2D eigenvalue weighted by Crippen LogP contribution is 2.10. The van der Waals surface area contributed by atoms with E-state index in [0.29, 0.717) is 5.56 Å². The highest BCUT2D eigenvalue weighted by atomic mass is 32.2. The highest BCUT2D eigenvalue weighted by Gasteiger charge is 2.31. The number of nitrogens with zero attached hydrogens (tertiary/aromatic N) is 2. The van der Waals surface area contributed by atoms with Crippen LogP contribution in [-0.2, 0) is 28.3 Å². The first kappa shape index (κ1) is 29.5. The largest absolute Gasteiger partial charge is 0.475 e. The van der Waals surface area contributed by atoms with Crippen molar-refractivity contribution in [3.8, 4) is 0 Å². The fourth-order valence-electron chi connectivity index (χ4n) is 3.50. The molecule has 0 saturated heterocycles. The number of carbonyl (C=O) groups excluding carboxylic acids is 2. The van der Waals surface area contributed by atoms with E-state index in [0.717, 1.165) is 24.8 Å². The Morgan fingerprint density at radius 1 is 1.14 bits per heavy atom. The summed E-state index contributed by atoms with van der Waals surface area (Å²) in [5, 5.41) is 24.2. The summed E-state index contributed by atoms with van der Waals surface area (Å²) < 4.78 is 29.0. The summed E-state index contributed by atoms with van der Waals surface area (Å²) in [6.07, 6.45) is 5.86. The van der Waals surface area contributed by atoms with Crippen LogP contribution in [-0.4, -0.2) is 65.5 Å². The number of carbonyl (C=O) groups is 2. The normalized spacial score (nSPS) is 13.3. The van der Waals surface area contributed by atoms with Crippen LogP contribution in [0.5, 0.6) is 0 Å². The van der Waals surface area contributed by atoms with Gasteiger partial charge in [-0.25, -0.2) is 18.1 Å². The van der Waals surface area contributed by atoms with E-state index >= 15 is 0 Å². The highest BCUT2D eigenvalue weighted by molar-refractivity contribution is 7.89. The van der Waals surface area contributed by atoms with Gasteiger partial charge in [-0.3, -0.25) is 9.59 Å². The average Bonchev–Trinajstić information content (AvgIpc) is 3.27. The lowest BCUT2D eigenvalue weighted by molar-refractivity contribution is -0.123. The molecule has 11 nitrogen and oxygen atoms in total. The zero-order chi connectivity index (χ0) is 26.9. The summed E-state index contributed by atoms with van der Waals surface area (Å²) in [4.78, 5) is 29.7. The van der Waals surface area contributed by atoms with Gasteiger partial charge in [0.05, 0.1) is 12.3 Å². The van der Waals surface area contributed by atoms with Gasteiger partial charge >= 0.3 is 7.12 Å².